The Morgan fingerprint density at radius 2 is 1.83 bits per heavy atom. The van der Waals surface area contributed by atoms with Gasteiger partial charge in [-0.2, -0.15) is 8.42 Å². The zero-order valence-electron chi connectivity index (χ0n) is 14.6. The molecule has 24 heavy (non-hydrogen) atoms. The van der Waals surface area contributed by atoms with E-state index in [-0.39, 0.29) is 24.5 Å². The van der Waals surface area contributed by atoms with Crippen LogP contribution in [0.5, 0.6) is 0 Å². The van der Waals surface area contributed by atoms with Crippen molar-refractivity contribution in [2.45, 2.75) is 32.3 Å². The Kier molecular flexibility index (Phi) is 5.55. The summed E-state index contributed by atoms with van der Waals surface area (Å²) in [6.45, 7) is 6.40. The van der Waals surface area contributed by atoms with Crippen molar-refractivity contribution < 1.29 is 22.1 Å². The molecule has 1 fully saturated rings. The molecule has 1 aliphatic rings. The molecule has 0 aliphatic carbocycles. The van der Waals surface area contributed by atoms with E-state index in [0.29, 0.717) is 13.1 Å². The van der Waals surface area contributed by atoms with Crippen molar-refractivity contribution in [3.05, 3.63) is 35.9 Å². The molecule has 2 rings (SSSR count). The van der Waals surface area contributed by atoms with Crippen LogP contribution < -0.4 is 0 Å². The van der Waals surface area contributed by atoms with Gasteiger partial charge in [-0.3, -0.25) is 4.18 Å². The number of amides is 1. The van der Waals surface area contributed by atoms with E-state index in [4.69, 9.17) is 8.92 Å². The van der Waals surface area contributed by atoms with E-state index in [2.05, 4.69) is 0 Å². The molecule has 6 nitrogen and oxygen atoms in total. The average molecular weight is 355 g/mol. The van der Waals surface area contributed by atoms with E-state index in [1.54, 1.807) is 4.90 Å². The fraction of sp³-hybridized carbons (Fsp3) is 0.588. The standard InChI is InChI=1S/C17H25NO5S/c1-17(2,3)23-16(19)18-10-14(12-22-24(4,20)21)15(11-18)13-8-6-5-7-9-13/h5-9,14-15H,10-12H2,1-4H3. The topological polar surface area (TPSA) is 72.9 Å². The van der Waals surface area contributed by atoms with Crippen molar-refractivity contribution in [3.8, 4) is 0 Å². The molecule has 2 unspecified atom stereocenters. The molecule has 0 radical (unpaired) electrons. The Labute approximate surface area is 143 Å². The molecule has 1 heterocycles. The van der Waals surface area contributed by atoms with Crippen molar-refractivity contribution >= 4 is 16.2 Å². The van der Waals surface area contributed by atoms with E-state index < -0.39 is 15.7 Å². The Hall–Kier alpha value is -1.60. The zero-order chi connectivity index (χ0) is 18.0. The molecule has 134 valence electrons. The molecule has 0 bridgehead atoms. The van der Waals surface area contributed by atoms with Gasteiger partial charge in [0.25, 0.3) is 10.1 Å². The van der Waals surface area contributed by atoms with E-state index >= 15 is 0 Å². The number of hydrogen-bond donors (Lipinski definition) is 0. The molecule has 0 aromatic heterocycles. The third kappa shape index (κ3) is 5.49. The molecule has 1 aliphatic heterocycles. The maximum atomic E-state index is 12.3. The zero-order valence-corrected chi connectivity index (χ0v) is 15.4. The van der Waals surface area contributed by atoms with Gasteiger partial charge in [0.15, 0.2) is 0 Å². The fourth-order valence-electron chi connectivity index (χ4n) is 2.80. The van der Waals surface area contributed by atoms with Gasteiger partial charge in [0.05, 0.1) is 12.9 Å². The lowest BCUT2D eigenvalue weighted by molar-refractivity contribution is 0.0284. The molecule has 1 aromatic carbocycles. The Morgan fingerprint density at radius 1 is 1.21 bits per heavy atom. The van der Waals surface area contributed by atoms with Crippen LogP contribution in [0.1, 0.15) is 32.3 Å². The van der Waals surface area contributed by atoms with E-state index in [0.717, 1.165) is 11.8 Å². The number of nitrogens with zero attached hydrogens (tertiary/aromatic N) is 1. The molecule has 1 aromatic rings. The molecule has 0 saturated carbocycles. The number of carbonyl (C=O) groups is 1. The quantitative estimate of drug-likeness (QED) is 0.776. The maximum Gasteiger partial charge on any atom is 0.410 e. The van der Waals surface area contributed by atoms with Crippen LogP contribution in [0, 0.1) is 5.92 Å². The SMILES string of the molecule is CC(C)(C)OC(=O)N1CC(COS(C)(=O)=O)C(c2ccccc2)C1. The Morgan fingerprint density at radius 3 is 2.38 bits per heavy atom. The average Bonchev–Trinajstić information content (AvgIpc) is 2.88. The van der Waals surface area contributed by atoms with Gasteiger partial charge in [-0.1, -0.05) is 30.3 Å². The molecule has 7 heteroatoms. The van der Waals surface area contributed by atoms with Gasteiger partial charge in [-0.15, -0.1) is 0 Å². The molecule has 1 amide bonds. The van der Waals surface area contributed by atoms with Gasteiger partial charge < -0.3 is 9.64 Å². The summed E-state index contributed by atoms with van der Waals surface area (Å²) in [5.41, 5.74) is 0.492. The minimum Gasteiger partial charge on any atom is -0.444 e. The van der Waals surface area contributed by atoms with Crippen molar-refractivity contribution in [2.75, 3.05) is 26.0 Å². The van der Waals surface area contributed by atoms with Crippen LogP contribution in [0.2, 0.25) is 0 Å². The second-order valence-electron chi connectivity index (χ2n) is 7.15. The summed E-state index contributed by atoms with van der Waals surface area (Å²) < 4.78 is 33.0. The van der Waals surface area contributed by atoms with Crippen LogP contribution in [0.3, 0.4) is 0 Å². The van der Waals surface area contributed by atoms with E-state index in [9.17, 15) is 13.2 Å². The van der Waals surface area contributed by atoms with E-state index in [1.807, 2.05) is 51.1 Å². The maximum absolute atomic E-state index is 12.3. The van der Waals surface area contributed by atoms with Crippen molar-refractivity contribution in [2.24, 2.45) is 5.92 Å². The van der Waals surface area contributed by atoms with Crippen molar-refractivity contribution in [1.82, 2.24) is 4.90 Å². The third-order valence-corrected chi connectivity index (χ3v) is 4.38. The minimum absolute atomic E-state index is 0.0143. The lowest BCUT2D eigenvalue weighted by Crippen LogP contribution is -2.35. The Balaban J connectivity index is 2.14. The first-order valence-electron chi connectivity index (χ1n) is 7.92. The smallest absolute Gasteiger partial charge is 0.410 e. The van der Waals surface area contributed by atoms with Gasteiger partial charge in [-0.05, 0) is 26.3 Å². The second-order valence-corrected chi connectivity index (χ2v) is 8.80. The van der Waals surface area contributed by atoms with Crippen LogP contribution in [-0.4, -0.2) is 51.0 Å². The molecular formula is C17H25NO5S. The number of hydrogen-bond acceptors (Lipinski definition) is 5. The van der Waals surface area contributed by atoms with Gasteiger partial charge in [0.1, 0.15) is 5.60 Å². The number of ether oxygens (including phenoxy) is 1. The first-order chi connectivity index (χ1) is 11.1. The lowest BCUT2D eigenvalue weighted by atomic mass is 9.90. The summed E-state index contributed by atoms with van der Waals surface area (Å²) in [4.78, 5) is 14.0. The number of carbonyl (C=O) groups excluding carboxylic acids is 1. The molecular weight excluding hydrogens is 330 g/mol. The third-order valence-electron chi connectivity index (χ3n) is 3.82. The van der Waals surface area contributed by atoms with E-state index in [1.165, 1.54) is 0 Å². The van der Waals surface area contributed by atoms with Crippen LogP contribution in [-0.2, 0) is 19.0 Å². The summed E-state index contributed by atoms with van der Waals surface area (Å²) in [6, 6.07) is 9.75. The monoisotopic (exact) mass is 355 g/mol. The van der Waals surface area contributed by atoms with Crippen LogP contribution >= 0.6 is 0 Å². The highest BCUT2D eigenvalue weighted by Crippen LogP contribution is 2.33. The number of benzene rings is 1. The van der Waals surface area contributed by atoms with Crippen molar-refractivity contribution in [1.29, 1.82) is 0 Å². The summed E-state index contributed by atoms with van der Waals surface area (Å²) in [5, 5.41) is 0. The number of likely N-dealkylation sites (tertiary alicyclic amines) is 1. The van der Waals surface area contributed by atoms with Gasteiger partial charge in [0.2, 0.25) is 0 Å². The lowest BCUT2D eigenvalue weighted by Gasteiger charge is -2.24. The molecule has 0 N–H and O–H groups in total. The predicted octanol–water partition coefficient (Wildman–Crippen LogP) is 2.61. The molecule has 0 spiro atoms. The molecule has 2 atom stereocenters. The normalized spacial score (nSPS) is 21.8. The highest BCUT2D eigenvalue weighted by atomic mass is 32.2. The summed E-state index contributed by atoms with van der Waals surface area (Å²) in [7, 11) is -3.52. The number of rotatable bonds is 4. The van der Waals surface area contributed by atoms with Crippen LogP contribution in [0.25, 0.3) is 0 Å². The van der Waals surface area contributed by atoms with Crippen LogP contribution in [0.15, 0.2) is 30.3 Å². The first-order valence-corrected chi connectivity index (χ1v) is 9.74. The predicted molar refractivity (Wildman–Crippen MR) is 91.3 cm³/mol. The van der Waals surface area contributed by atoms with Gasteiger partial charge in [0, 0.05) is 24.9 Å². The van der Waals surface area contributed by atoms with Gasteiger partial charge in [-0.25, -0.2) is 4.79 Å². The van der Waals surface area contributed by atoms with Crippen LogP contribution in [0.4, 0.5) is 4.79 Å². The Bertz CT molecular complexity index is 666. The minimum atomic E-state index is -3.52. The largest absolute Gasteiger partial charge is 0.444 e. The fourth-order valence-corrected chi connectivity index (χ4v) is 3.23. The highest BCUT2D eigenvalue weighted by Gasteiger charge is 2.38. The first kappa shape index (κ1) is 18.7. The summed E-state index contributed by atoms with van der Waals surface area (Å²) in [5.74, 6) is -0.0879. The van der Waals surface area contributed by atoms with Crippen molar-refractivity contribution in [3.63, 3.8) is 0 Å². The second kappa shape index (κ2) is 7.11. The summed E-state index contributed by atoms with van der Waals surface area (Å²) in [6.07, 6.45) is 0.649. The highest BCUT2D eigenvalue weighted by molar-refractivity contribution is 7.85. The van der Waals surface area contributed by atoms with Gasteiger partial charge >= 0.3 is 6.09 Å². The summed E-state index contributed by atoms with van der Waals surface area (Å²) >= 11 is 0. The molecule has 1 saturated heterocycles.